The Bertz CT molecular complexity index is 431. The van der Waals surface area contributed by atoms with E-state index in [2.05, 4.69) is 26.8 Å². The van der Waals surface area contributed by atoms with Crippen molar-refractivity contribution < 1.29 is 4.74 Å². The van der Waals surface area contributed by atoms with Crippen LogP contribution in [0.25, 0.3) is 0 Å². The summed E-state index contributed by atoms with van der Waals surface area (Å²) >= 11 is 0. The molecule has 0 heterocycles. The van der Waals surface area contributed by atoms with Crippen LogP contribution in [0.1, 0.15) is 53.9 Å². The second-order valence-corrected chi connectivity index (χ2v) is 5.68. The molecule has 0 aliphatic heterocycles. The highest BCUT2D eigenvalue weighted by molar-refractivity contribution is 5.50. The topological polar surface area (TPSA) is 35.2 Å². The highest BCUT2D eigenvalue weighted by atomic mass is 16.5. The van der Waals surface area contributed by atoms with Crippen molar-refractivity contribution in [1.82, 2.24) is 0 Å². The quantitative estimate of drug-likeness (QED) is 0.866. The number of hydrogen-bond donors (Lipinski definition) is 1. The fourth-order valence-electron chi connectivity index (χ4n) is 3.26. The van der Waals surface area contributed by atoms with Gasteiger partial charge in [-0.2, -0.15) is 0 Å². The first-order valence-electron chi connectivity index (χ1n) is 6.94. The van der Waals surface area contributed by atoms with Crippen molar-refractivity contribution >= 4 is 0 Å². The molecule has 0 atom stereocenters. The summed E-state index contributed by atoms with van der Waals surface area (Å²) in [6, 6.07) is 2.74. The van der Waals surface area contributed by atoms with Crippen molar-refractivity contribution in [3.05, 3.63) is 28.3 Å². The monoisotopic (exact) mass is 247 g/mol. The molecule has 0 bridgehead atoms. The third-order valence-corrected chi connectivity index (χ3v) is 4.48. The summed E-state index contributed by atoms with van der Waals surface area (Å²) < 4.78 is 5.50. The lowest BCUT2D eigenvalue weighted by Crippen LogP contribution is -2.26. The van der Waals surface area contributed by atoms with E-state index < -0.39 is 0 Å². The van der Waals surface area contributed by atoms with Gasteiger partial charge >= 0.3 is 0 Å². The summed E-state index contributed by atoms with van der Waals surface area (Å²) in [7, 11) is 1.76. The van der Waals surface area contributed by atoms with Gasteiger partial charge in [0.1, 0.15) is 5.75 Å². The molecule has 1 aliphatic carbocycles. The van der Waals surface area contributed by atoms with Crippen LogP contribution < -0.4 is 10.5 Å². The highest BCUT2D eigenvalue weighted by Crippen LogP contribution is 2.38. The molecule has 1 aliphatic rings. The Morgan fingerprint density at radius 1 is 1.06 bits per heavy atom. The van der Waals surface area contributed by atoms with Gasteiger partial charge in [-0.1, -0.05) is 6.07 Å². The molecule has 0 unspecified atom stereocenters. The summed E-state index contributed by atoms with van der Waals surface area (Å²) in [4.78, 5) is 0. The van der Waals surface area contributed by atoms with E-state index in [-0.39, 0.29) is 0 Å². The first-order valence-corrected chi connectivity index (χ1v) is 6.94. The maximum atomic E-state index is 6.00. The van der Waals surface area contributed by atoms with Crippen molar-refractivity contribution in [2.75, 3.05) is 7.11 Å². The van der Waals surface area contributed by atoms with Crippen LogP contribution in [0.2, 0.25) is 0 Å². The van der Waals surface area contributed by atoms with Gasteiger partial charge in [0.15, 0.2) is 0 Å². The molecular formula is C16H25NO. The predicted octanol–water partition coefficient (Wildman–Crippen LogP) is 3.61. The Morgan fingerprint density at radius 2 is 1.67 bits per heavy atom. The van der Waals surface area contributed by atoms with Gasteiger partial charge in [-0.25, -0.2) is 0 Å². The molecule has 1 aromatic rings. The molecule has 1 saturated carbocycles. The average molecular weight is 247 g/mol. The van der Waals surface area contributed by atoms with Crippen LogP contribution in [0.5, 0.6) is 5.75 Å². The Morgan fingerprint density at radius 3 is 2.22 bits per heavy atom. The summed E-state index contributed by atoms with van der Waals surface area (Å²) in [5.41, 5.74) is 11.5. The van der Waals surface area contributed by atoms with Crippen LogP contribution in [0, 0.1) is 20.8 Å². The Hall–Kier alpha value is -1.02. The molecule has 0 radical (unpaired) electrons. The number of ether oxygens (including phenoxy) is 1. The summed E-state index contributed by atoms with van der Waals surface area (Å²) in [6.07, 6.45) is 4.78. The van der Waals surface area contributed by atoms with Crippen LogP contribution in [0.15, 0.2) is 6.07 Å². The fourth-order valence-corrected chi connectivity index (χ4v) is 3.26. The van der Waals surface area contributed by atoms with Crippen LogP contribution in [0.3, 0.4) is 0 Å². The maximum Gasteiger partial charge on any atom is 0.124 e. The molecule has 2 heteroatoms. The SMILES string of the molecule is COc1c(C)cc(C2CCC(N)CC2)c(C)c1C. The first-order chi connectivity index (χ1) is 8.54. The lowest BCUT2D eigenvalue weighted by Gasteiger charge is -2.29. The van der Waals surface area contributed by atoms with Crippen molar-refractivity contribution in [1.29, 1.82) is 0 Å². The van der Waals surface area contributed by atoms with Crippen molar-refractivity contribution in [2.45, 2.75) is 58.4 Å². The smallest absolute Gasteiger partial charge is 0.124 e. The fraction of sp³-hybridized carbons (Fsp3) is 0.625. The van der Waals surface area contributed by atoms with Gasteiger partial charge in [-0.05, 0) is 74.6 Å². The van der Waals surface area contributed by atoms with Gasteiger partial charge in [0.2, 0.25) is 0 Å². The first kappa shape index (κ1) is 13.4. The maximum absolute atomic E-state index is 6.00. The second kappa shape index (κ2) is 5.31. The predicted molar refractivity (Wildman–Crippen MR) is 76.4 cm³/mol. The van der Waals surface area contributed by atoms with Crippen LogP contribution >= 0.6 is 0 Å². The minimum atomic E-state index is 0.419. The standard InChI is InChI=1S/C16H25NO/c1-10-9-15(11(2)12(3)16(10)18-4)13-5-7-14(17)8-6-13/h9,13-14H,5-8,17H2,1-4H3. The van der Waals surface area contributed by atoms with Crippen LogP contribution in [-0.2, 0) is 0 Å². The molecule has 0 spiro atoms. The molecule has 1 aromatic carbocycles. The number of nitrogens with two attached hydrogens (primary N) is 1. The Balaban J connectivity index is 2.34. The van der Waals surface area contributed by atoms with E-state index in [1.54, 1.807) is 7.11 Å². The van der Waals surface area contributed by atoms with E-state index in [1.807, 2.05) is 0 Å². The Labute approximate surface area is 111 Å². The number of hydrogen-bond acceptors (Lipinski definition) is 2. The molecule has 0 saturated heterocycles. The van der Waals surface area contributed by atoms with Crippen molar-refractivity contribution in [3.63, 3.8) is 0 Å². The van der Waals surface area contributed by atoms with Crippen LogP contribution in [0.4, 0.5) is 0 Å². The number of aryl methyl sites for hydroxylation is 1. The minimum Gasteiger partial charge on any atom is -0.496 e. The molecule has 1 fully saturated rings. The van der Waals surface area contributed by atoms with E-state index in [1.165, 1.54) is 35.1 Å². The summed E-state index contributed by atoms with van der Waals surface area (Å²) in [5.74, 6) is 1.73. The van der Waals surface area contributed by atoms with E-state index in [9.17, 15) is 0 Å². The van der Waals surface area contributed by atoms with Gasteiger partial charge < -0.3 is 10.5 Å². The van der Waals surface area contributed by atoms with Gasteiger partial charge in [0, 0.05) is 6.04 Å². The van der Waals surface area contributed by atoms with Gasteiger partial charge in [-0.15, -0.1) is 0 Å². The molecule has 0 amide bonds. The van der Waals surface area contributed by atoms with Crippen molar-refractivity contribution in [2.24, 2.45) is 5.73 Å². The number of benzene rings is 1. The molecule has 100 valence electrons. The number of rotatable bonds is 2. The van der Waals surface area contributed by atoms with Gasteiger partial charge in [-0.3, -0.25) is 0 Å². The molecule has 18 heavy (non-hydrogen) atoms. The highest BCUT2D eigenvalue weighted by Gasteiger charge is 2.23. The number of methoxy groups -OCH3 is 1. The van der Waals surface area contributed by atoms with E-state index >= 15 is 0 Å². The average Bonchev–Trinajstić information content (AvgIpc) is 2.36. The third kappa shape index (κ3) is 2.39. The molecule has 2 nitrogen and oxygen atoms in total. The largest absolute Gasteiger partial charge is 0.496 e. The lowest BCUT2D eigenvalue weighted by atomic mass is 9.79. The zero-order valence-corrected chi connectivity index (χ0v) is 12.0. The Kier molecular flexibility index (Phi) is 3.96. The lowest BCUT2D eigenvalue weighted by molar-refractivity contribution is 0.391. The van der Waals surface area contributed by atoms with Crippen LogP contribution in [-0.4, -0.2) is 13.2 Å². The minimum absolute atomic E-state index is 0.419. The summed E-state index contributed by atoms with van der Waals surface area (Å²) in [6.45, 7) is 6.53. The van der Waals surface area contributed by atoms with Gasteiger partial charge in [0.05, 0.1) is 7.11 Å². The van der Waals surface area contributed by atoms with E-state index in [0.29, 0.717) is 12.0 Å². The molecular weight excluding hydrogens is 222 g/mol. The third-order valence-electron chi connectivity index (χ3n) is 4.48. The second-order valence-electron chi connectivity index (χ2n) is 5.68. The van der Waals surface area contributed by atoms with E-state index in [0.717, 1.165) is 18.6 Å². The zero-order chi connectivity index (χ0) is 13.3. The van der Waals surface area contributed by atoms with Gasteiger partial charge in [0.25, 0.3) is 0 Å². The summed E-state index contributed by atoms with van der Waals surface area (Å²) in [5, 5.41) is 0. The van der Waals surface area contributed by atoms with E-state index in [4.69, 9.17) is 10.5 Å². The molecule has 2 N–H and O–H groups in total. The van der Waals surface area contributed by atoms with Crippen molar-refractivity contribution in [3.8, 4) is 5.75 Å². The zero-order valence-electron chi connectivity index (χ0n) is 12.0. The molecule has 0 aromatic heterocycles. The normalized spacial score (nSPS) is 24.1. The molecule has 2 rings (SSSR count).